The van der Waals surface area contributed by atoms with Gasteiger partial charge >= 0.3 is 12.0 Å². The van der Waals surface area contributed by atoms with Crippen LogP contribution in [0.15, 0.2) is 24.5 Å². The average molecular weight is 251 g/mol. The Morgan fingerprint density at radius 3 is 2.50 bits per heavy atom. The van der Waals surface area contributed by atoms with E-state index >= 15 is 0 Å². The number of hydrogen-bond donors (Lipinski definition) is 3. The van der Waals surface area contributed by atoms with Crippen molar-refractivity contribution in [3.8, 4) is 0 Å². The molecular formula is C12H17N3O3. The summed E-state index contributed by atoms with van der Waals surface area (Å²) >= 11 is 0. The molecule has 0 aliphatic heterocycles. The van der Waals surface area contributed by atoms with Crippen molar-refractivity contribution >= 4 is 12.0 Å². The zero-order valence-corrected chi connectivity index (χ0v) is 10.4. The first kappa shape index (κ1) is 14.0. The second-order valence-electron chi connectivity index (χ2n) is 4.62. The molecule has 0 bridgehead atoms. The van der Waals surface area contributed by atoms with Gasteiger partial charge < -0.3 is 15.7 Å². The number of aliphatic carboxylic acids is 1. The maximum absolute atomic E-state index is 11.6. The van der Waals surface area contributed by atoms with Crippen LogP contribution in [0.5, 0.6) is 0 Å². The molecule has 98 valence electrons. The van der Waals surface area contributed by atoms with E-state index in [1.807, 2.05) is 0 Å². The van der Waals surface area contributed by atoms with Gasteiger partial charge in [0.2, 0.25) is 0 Å². The molecule has 6 nitrogen and oxygen atoms in total. The molecule has 0 radical (unpaired) electrons. The van der Waals surface area contributed by atoms with Gasteiger partial charge in [0.25, 0.3) is 0 Å². The number of urea groups is 1. The summed E-state index contributed by atoms with van der Waals surface area (Å²) in [4.78, 5) is 26.1. The number of pyridine rings is 1. The van der Waals surface area contributed by atoms with Gasteiger partial charge in [0, 0.05) is 24.5 Å². The third-order valence-corrected chi connectivity index (χ3v) is 2.25. The van der Waals surface area contributed by atoms with Crippen LogP contribution in [0.4, 0.5) is 4.79 Å². The highest BCUT2D eigenvalue weighted by molar-refractivity contribution is 5.76. The zero-order chi connectivity index (χ0) is 13.6. The van der Waals surface area contributed by atoms with Crippen molar-refractivity contribution in [3.63, 3.8) is 0 Å². The number of carboxylic acid groups (broad SMARTS) is 1. The van der Waals surface area contributed by atoms with E-state index in [1.54, 1.807) is 38.4 Å². The summed E-state index contributed by atoms with van der Waals surface area (Å²) in [6.45, 7) is 3.69. The van der Waals surface area contributed by atoms with E-state index in [0.29, 0.717) is 6.54 Å². The molecule has 1 aromatic rings. The lowest BCUT2D eigenvalue weighted by Gasteiger charge is -2.24. The number of aromatic nitrogens is 1. The van der Waals surface area contributed by atoms with Crippen LogP contribution >= 0.6 is 0 Å². The Bertz CT molecular complexity index is 418. The molecule has 0 fully saturated rings. The van der Waals surface area contributed by atoms with Crippen LogP contribution in [0, 0.1) is 0 Å². The van der Waals surface area contributed by atoms with Crippen LogP contribution in [0.25, 0.3) is 0 Å². The van der Waals surface area contributed by atoms with Crippen LogP contribution in [0.2, 0.25) is 0 Å². The maximum Gasteiger partial charge on any atom is 0.315 e. The largest absolute Gasteiger partial charge is 0.481 e. The van der Waals surface area contributed by atoms with Crippen LogP contribution in [-0.4, -0.2) is 27.6 Å². The van der Waals surface area contributed by atoms with Crippen LogP contribution < -0.4 is 10.6 Å². The van der Waals surface area contributed by atoms with Crippen molar-refractivity contribution in [3.05, 3.63) is 30.1 Å². The third-order valence-electron chi connectivity index (χ3n) is 2.25. The molecule has 18 heavy (non-hydrogen) atoms. The van der Waals surface area contributed by atoms with E-state index in [9.17, 15) is 9.59 Å². The van der Waals surface area contributed by atoms with Gasteiger partial charge in [-0.05, 0) is 31.5 Å². The first-order valence-corrected chi connectivity index (χ1v) is 5.56. The average Bonchev–Trinajstić information content (AvgIpc) is 2.25. The summed E-state index contributed by atoms with van der Waals surface area (Å²) in [6.07, 6.45) is 3.16. The standard InChI is InChI=1S/C12H17N3O3/c1-12(2,7-10(16)17)15-11(18)14-8-9-3-5-13-6-4-9/h3-6H,7-8H2,1-2H3,(H,16,17)(H2,14,15,18). The van der Waals surface area contributed by atoms with Gasteiger partial charge in [-0.2, -0.15) is 0 Å². The number of nitrogens with one attached hydrogen (secondary N) is 2. The second kappa shape index (κ2) is 6.00. The monoisotopic (exact) mass is 251 g/mol. The van der Waals surface area contributed by atoms with E-state index < -0.39 is 17.5 Å². The van der Waals surface area contributed by atoms with Crippen molar-refractivity contribution in [2.45, 2.75) is 32.4 Å². The topological polar surface area (TPSA) is 91.3 Å². The van der Waals surface area contributed by atoms with Gasteiger partial charge in [-0.3, -0.25) is 9.78 Å². The molecule has 0 saturated heterocycles. The van der Waals surface area contributed by atoms with Gasteiger partial charge in [0.15, 0.2) is 0 Å². The highest BCUT2D eigenvalue weighted by Crippen LogP contribution is 2.07. The Balaban J connectivity index is 2.40. The summed E-state index contributed by atoms with van der Waals surface area (Å²) < 4.78 is 0. The maximum atomic E-state index is 11.6. The van der Waals surface area contributed by atoms with E-state index in [1.165, 1.54) is 0 Å². The van der Waals surface area contributed by atoms with Crippen molar-refractivity contribution in [2.24, 2.45) is 0 Å². The number of rotatable bonds is 5. The summed E-state index contributed by atoms with van der Waals surface area (Å²) in [5, 5.41) is 14.0. The molecule has 0 unspecified atom stereocenters. The third kappa shape index (κ3) is 5.29. The molecule has 1 rings (SSSR count). The lowest BCUT2D eigenvalue weighted by atomic mass is 10.0. The van der Waals surface area contributed by atoms with Crippen LogP contribution in [-0.2, 0) is 11.3 Å². The van der Waals surface area contributed by atoms with Gasteiger partial charge in [-0.15, -0.1) is 0 Å². The number of carboxylic acids is 1. The predicted molar refractivity (Wildman–Crippen MR) is 65.9 cm³/mol. The Hall–Kier alpha value is -2.11. The quantitative estimate of drug-likeness (QED) is 0.731. The minimum absolute atomic E-state index is 0.129. The lowest BCUT2D eigenvalue weighted by Crippen LogP contribution is -2.49. The Morgan fingerprint density at radius 1 is 1.33 bits per heavy atom. The minimum Gasteiger partial charge on any atom is -0.481 e. The van der Waals surface area contributed by atoms with Crippen LogP contribution in [0.1, 0.15) is 25.8 Å². The molecule has 0 aliphatic rings. The molecule has 1 heterocycles. The van der Waals surface area contributed by atoms with E-state index in [-0.39, 0.29) is 6.42 Å². The second-order valence-corrected chi connectivity index (χ2v) is 4.62. The molecule has 6 heteroatoms. The molecule has 0 atom stereocenters. The number of carbonyl (C=O) groups excluding carboxylic acids is 1. The fourth-order valence-corrected chi connectivity index (χ4v) is 1.46. The lowest BCUT2D eigenvalue weighted by molar-refractivity contribution is -0.138. The van der Waals surface area contributed by atoms with Gasteiger partial charge in [0.1, 0.15) is 0 Å². The molecule has 0 aliphatic carbocycles. The van der Waals surface area contributed by atoms with Crippen molar-refractivity contribution in [1.29, 1.82) is 0 Å². The van der Waals surface area contributed by atoms with Gasteiger partial charge in [-0.1, -0.05) is 0 Å². The molecule has 0 aromatic carbocycles. The molecule has 1 aromatic heterocycles. The number of carbonyl (C=O) groups is 2. The van der Waals surface area contributed by atoms with Crippen molar-refractivity contribution in [1.82, 2.24) is 15.6 Å². The van der Waals surface area contributed by atoms with Gasteiger partial charge in [0.05, 0.1) is 6.42 Å². The molecule has 0 saturated carbocycles. The van der Waals surface area contributed by atoms with Gasteiger partial charge in [-0.25, -0.2) is 4.79 Å². The first-order valence-electron chi connectivity index (χ1n) is 5.56. The molecule has 0 spiro atoms. The normalized spacial score (nSPS) is 10.8. The first-order chi connectivity index (χ1) is 8.39. The van der Waals surface area contributed by atoms with E-state index in [0.717, 1.165) is 5.56 Å². The summed E-state index contributed by atoms with van der Waals surface area (Å²) in [6, 6.07) is 3.20. The summed E-state index contributed by atoms with van der Waals surface area (Å²) in [7, 11) is 0. The number of hydrogen-bond acceptors (Lipinski definition) is 3. The highest BCUT2D eigenvalue weighted by atomic mass is 16.4. The zero-order valence-electron chi connectivity index (χ0n) is 10.4. The fourth-order valence-electron chi connectivity index (χ4n) is 1.46. The summed E-state index contributed by atoms with van der Waals surface area (Å²) in [5.74, 6) is -0.950. The summed E-state index contributed by atoms with van der Waals surface area (Å²) in [5.41, 5.74) is 0.143. The van der Waals surface area contributed by atoms with E-state index in [4.69, 9.17) is 5.11 Å². The predicted octanol–water partition coefficient (Wildman–Crippen LogP) is 1.13. The number of amides is 2. The molecule has 2 amide bonds. The Morgan fingerprint density at radius 2 is 1.94 bits per heavy atom. The fraction of sp³-hybridized carbons (Fsp3) is 0.417. The SMILES string of the molecule is CC(C)(CC(=O)O)NC(=O)NCc1ccncc1. The molecule has 3 N–H and O–H groups in total. The van der Waals surface area contributed by atoms with E-state index in [2.05, 4.69) is 15.6 Å². The minimum atomic E-state index is -0.950. The van der Waals surface area contributed by atoms with Crippen LogP contribution in [0.3, 0.4) is 0 Å². The number of nitrogens with zero attached hydrogens (tertiary/aromatic N) is 1. The smallest absolute Gasteiger partial charge is 0.315 e. The highest BCUT2D eigenvalue weighted by Gasteiger charge is 2.23. The molecular weight excluding hydrogens is 234 g/mol. The Labute approximate surface area is 105 Å². The Kier molecular flexibility index (Phi) is 4.65. The van der Waals surface area contributed by atoms with Crippen molar-refractivity contribution in [2.75, 3.05) is 0 Å². The van der Waals surface area contributed by atoms with Crippen molar-refractivity contribution < 1.29 is 14.7 Å².